The van der Waals surface area contributed by atoms with E-state index < -0.39 is 0 Å². The molecule has 7 heteroatoms. The SMILES string of the molecule is Cc1cccc(N2CCN(C(=O)c3nc(N)n[nH]3)CC2)c1. The molecule has 1 aromatic heterocycles. The highest BCUT2D eigenvalue weighted by atomic mass is 16.2. The van der Waals surface area contributed by atoms with Crippen molar-refractivity contribution in [1.82, 2.24) is 20.1 Å². The van der Waals surface area contributed by atoms with Gasteiger partial charge in [-0.1, -0.05) is 12.1 Å². The van der Waals surface area contributed by atoms with Crippen molar-refractivity contribution in [2.75, 3.05) is 36.8 Å². The maximum atomic E-state index is 12.2. The Labute approximate surface area is 122 Å². The molecule has 110 valence electrons. The Morgan fingerprint density at radius 1 is 1.29 bits per heavy atom. The van der Waals surface area contributed by atoms with Crippen molar-refractivity contribution < 1.29 is 4.79 Å². The van der Waals surface area contributed by atoms with Gasteiger partial charge < -0.3 is 15.5 Å². The highest BCUT2D eigenvalue weighted by Gasteiger charge is 2.24. The molecule has 0 aliphatic carbocycles. The molecule has 0 radical (unpaired) electrons. The molecule has 1 aliphatic heterocycles. The van der Waals surface area contributed by atoms with E-state index in [1.165, 1.54) is 11.3 Å². The highest BCUT2D eigenvalue weighted by Crippen LogP contribution is 2.18. The Kier molecular flexibility index (Phi) is 3.47. The van der Waals surface area contributed by atoms with Gasteiger partial charge in [0.05, 0.1) is 0 Å². The zero-order valence-electron chi connectivity index (χ0n) is 11.9. The predicted octanol–water partition coefficient (Wildman–Crippen LogP) is 0.658. The van der Waals surface area contributed by atoms with Crippen molar-refractivity contribution in [2.45, 2.75) is 6.92 Å². The first-order valence-corrected chi connectivity index (χ1v) is 6.92. The molecule has 0 saturated carbocycles. The van der Waals surface area contributed by atoms with Crippen LogP contribution in [0.4, 0.5) is 11.6 Å². The van der Waals surface area contributed by atoms with Crippen molar-refractivity contribution in [3.8, 4) is 0 Å². The third kappa shape index (κ3) is 2.81. The minimum Gasteiger partial charge on any atom is -0.368 e. The first kappa shape index (κ1) is 13.4. The molecule has 0 unspecified atom stereocenters. The molecular formula is C14H18N6O. The molecule has 1 amide bonds. The molecule has 7 nitrogen and oxygen atoms in total. The number of benzene rings is 1. The lowest BCUT2D eigenvalue weighted by Gasteiger charge is -2.35. The van der Waals surface area contributed by atoms with Crippen LogP contribution >= 0.6 is 0 Å². The van der Waals surface area contributed by atoms with Crippen LogP contribution in [0.2, 0.25) is 0 Å². The van der Waals surface area contributed by atoms with Crippen LogP contribution in [0.15, 0.2) is 24.3 Å². The van der Waals surface area contributed by atoms with E-state index in [0.717, 1.165) is 13.1 Å². The van der Waals surface area contributed by atoms with Gasteiger partial charge in [-0.25, -0.2) is 0 Å². The van der Waals surface area contributed by atoms with E-state index in [-0.39, 0.29) is 17.7 Å². The number of hydrogen-bond acceptors (Lipinski definition) is 5. The van der Waals surface area contributed by atoms with E-state index in [2.05, 4.69) is 51.3 Å². The molecule has 1 saturated heterocycles. The van der Waals surface area contributed by atoms with Gasteiger partial charge in [-0.15, -0.1) is 5.10 Å². The van der Waals surface area contributed by atoms with Crippen LogP contribution in [-0.4, -0.2) is 52.2 Å². The maximum Gasteiger partial charge on any atom is 0.291 e. The first-order chi connectivity index (χ1) is 10.1. The number of piperazine rings is 1. The number of rotatable bonds is 2. The van der Waals surface area contributed by atoms with Crippen LogP contribution in [0, 0.1) is 6.92 Å². The van der Waals surface area contributed by atoms with Crippen LogP contribution < -0.4 is 10.6 Å². The average Bonchev–Trinajstić information content (AvgIpc) is 2.93. The third-order valence-electron chi connectivity index (χ3n) is 3.64. The zero-order valence-corrected chi connectivity index (χ0v) is 11.9. The third-order valence-corrected chi connectivity index (χ3v) is 3.64. The number of H-pyrrole nitrogens is 1. The minimum atomic E-state index is -0.150. The van der Waals surface area contributed by atoms with Crippen molar-refractivity contribution >= 4 is 17.5 Å². The number of aromatic nitrogens is 3. The second-order valence-electron chi connectivity index (χ2n) is 5.16. The number of aryl methyl sites for hydroxylation is 1. The lowest BCUT2D eigenvalue weighted by Crippen LogP contribution is -2.49. The number of hydrogen-bond donors (Lipinski definition) is 2. The van der Waals surface area contributed by atoms with Gasteiger partial charge in [0.25, 0.3) is 5.91 Å². The monoisotopic (exact) mass is 286 g/mol. The maximum absolute atomic E-state index is 12.2. The smallest absolute Gasteiger partial charge is 0.291 e. The number of nitrogen functional groups attached to an aromatic ring is 1. The van der Waals surface area contributed by atoms with E-state index in [9.17, 15) is 4.79 Å². The predicted molar refractivity (Wildman–Crippen MR) is 80.1 cm³/mol. The Morgan fingerprint density at radius 2 is 2.05 bits per heavy atom. The van der Waals surface area contributed by atoms with Gasteiger partial charge in [0.15, 0.2) is 0 Å². The number of aromatic amines is 1. The molecule has 3 N–H and O–H groups in total. The zero-order chi connectivity index (χ0) is 14.8. The number of nitrogens with zero attached hydrogens (tertiary/aromatic N) is 4. The van der Waals surface area contributed by atoms with Gasteiger partial charge >= 0.3 is 0 Å². The summed E-state index contributed by atoms with van der Waals surface area (Å²) >= 11 is 0. The normalized spacial score (nSPS) is 15.3. The fourth-order valence-electron chi connectivity index (χ4n) is 2.51. The molecule has 1 aromatic carbocycles. The van der Waals surface area contributed by atoms with Gasteiger partial charge in [0.2, 0.25) is 11.8 Å². The van der Waals surface area contributed by atoms with Gasteiger partial charge in [-0.05, 0) is 24.6 Å². The highest BCUT2D eigenvalue weighted by molar-refractivity contribution is 5.90. The van der Waals surface area contributed by atoms with E-state index >= 15 is 0 Å². The molecule has 0 atom stereocenters. The van der Waals surface area contributed by atoms with E-state index in [4.69, 9.17) is 5.73 Å². The summed E-state index contributed by atoms with van der Waals surface area (Å²) in [6, 6.07) is 8.40. The van der Waals surface area contributed by atoms with Crippen molar-refractivity contribution in [2.24, 2.45) is 0 Å². The van der Waals surface area contributed by atoms with E-state index in [1.807, 2.05) is 0 Å². The van der Waals surface area contributed by atoms with Crippen molar-refractivity contribution in [1.29, 1.82) is 0 Å². The van der Waals surface area contributed by atoms with E-state index in [0.29, 0.717) is 13.1 Å². The second-order valence-corrected chi connectivity index (χ2v) is 5.16. The summed E-state index contributed by atoms with van der Waals surface area (Å²) in [4.78, 5) is 20.2. The Balaban J connectivity index is 1.64. The molecule has 0 spiro atoms. The lowest BCUT2D eigenvalue weighted by molar-refractivity contribution is 0.0735. The molecule has 21 heavy (non-hydrogen) atoms. The molecule has 3 rings (SSSR count). The minimum absolute atomic E-state index is 0.0942. The molecule has 2 heterocycles. The average molecular weight is 286 g/mol. The summed E-state index contributed by atoms with van der Waals surface area (Å²) in [5, 5.41) is 6.25. The van der Waals surface area contributed by atoms with Gasteiger partial charge in [0.1, 0.15) is 0 Å². The first-order valence-electron chi connectivity index (χ1n) is 6.92. The fourth-order valence-corrected chi connectivity index (χ4v) is 2.51. The lowest BCUT2D eigenvalue weighted by atomic mass is 10.2. The number of carbonyl (C=O) groups is 1. The van der Waals surface area contributed by atoms with Crippen molar-refractivity contribution in [3.05, 3.63) is 35.7 Å². The molecule has 1 aliphatic rings. The second kappa shape index (κ2) is 5.43. The number of carbonyl (C=O) groups excluding carboxylic acids is 1. The van der Waals surface area contributed by atoms with E-state index in [1.54, 1.807) is 4.90 Å². The standard InChI is InChI=1S/C14H18N6O/c1-10-3-2-4-11(9-10)19-5-7-20(8-6-19)13(21)12-16-14(15)18-17-12/h2-4,9H,5-8H2,1H3,(H3,15,16,17,18). The Hall–Kier alpha value is -2.57. The summed E-state index contributed by atoms with van der Waals surface area (Å²) in [5.74, 6) is 0.149. The van der Waals surface area contributed by atoms with Crippen molar-refractivity contribution in [3.63, 3.8) is 0 Å². The Bertz CT molecular complexity index is 644. The number of nitrogens with two attached hydrogens (primary N) is 1. The Morgan fingerprint density at radius 3 is 2.67 bits per heavy atom. The van der Waals surface area contributed by atoms with Crippen LogP contribution in [-0.2, 0) is 0 Å². The molecule has 1 fully saturated rings. The summed E-state index contributed by atoms with van der Waals surface area (Å²) in [7, 11) is 0. The molecule has 2 aromatic rings. The molecular weight excluding hydrogens is 268 g/mol. The van der Waals surface area contributed by atoms with Gasteiger partial charge in [0, 0.05) is 31.9 Å². The van der Waals surface area contributed by atoms with Gasteiger partial charge in [-0.2, -0.15) is 4.98 Å². The van der Waals surface area contributed by atoms with Crippen LogP contribution in [0.3, 0.4) is 0 Å². The summed E-state index contributed by atoms with van der Waals surface area (Å²) in [6.45, 7) is 5.01. The number of amides is 1. The van der Waals surface area contributed by atoms with Crippen LogP contribution in [0.25, 0.3) is 0 Å². The fraction of sp³-hybridized carbons (Fsp3) is 0.357. The van der Waals surface area contributed by atoms with Crippen LogP contribution in [0.5, 0.6) is 0 Å². The summed E-state index contributed by atoms with van der Waals surface area (Å²) < 4.78 is 0. The number of nitrogens with one attached hydrogen (secondary N) is 1. The summed E-state index contributed by atoms with van der Waals surface area (Å²) in [6.07, 6.45) is 0. The largest absolute Gasteiger partial charge is 0.368 e. The van der Waals surface area contributed by atoms with Gasteiger partial charge in [-0.3, -0.25) is 9.89 Å². The molecule has 0 bridgehead atoms. The van der Waals surface area contributed by atoms with Crippen LogP contribution in [0.1, 0.15) is 16.2 Å². The number of anilines is 2. The summed E-state index contributed by atoms with van der Waals surface area (Å²) in [5.41, 5.74) is 7.86. The topological polar surface area (TPSA) is 91.1 Å². The quantitative estimate of drug-likeness (QED) is 0.846.